The molecule has 3 aromatic rings. The summed E-state index contributed by atoms with van der Waals surface area (Å²) in [5, 5.41) is 13.3. The standard InChI is InChI=1S/C26H21F3N6O5S2.CH4/c1-5-33-15-20(14-32-33)42(39,40)35-24(21-10-9-17(13-30)11-22(21)41(4,37)38)23(31-3)16(2)34(25(35)36)19-8-6-7-18(12-19)26(27,28)29;/h6-12,14-15,24H,5H2,1-2,4H3;1H4/t24-;/m1./s1. The van der Waals surface area contributed by atoms with Crippen molar-refractivity contribution in [2.24, 2.45) is 0 Å². The van der Waals surface area contributed by atoms with Gasteiger partial charge in [0.2, 0.25) is 5.70 Å². The van der Waals surface area contributed by atoms with Crippen molar-refractivity contribution in [1.82, 2.24) is 14.1 Å². The third kappa shape index (κ3) is 5.84. The molecule has 0 N–H and O–H groups in total. The number of sulfonamides is 1. The smallest absolute Gasteiger partial charge is 0.277 e. The fourth-order valence-corrected chi connectivity index (χ4v) is 6.86. The molecule has 0 bridgehead atoms. The zero-order chi connectivity index (χ0) is 31.2. The molecule has 43 heavy (non-hydrogen) atoms. The van der Waals surface area contributed by atoms with Crippen LogP contribution in [0.1, 0.15) is 44.0 Å². The van der Waals surface area contributed by atoms with Crippen molar-refractivity contribution >= 4 is 31.6 Å². The number of alkyl halides is 3. The van der Waals surface area contributed by atoms with Gasteiger partial charge < -0.3 is 0 Å². The third-order valence-corrected chi connectivity index (χ3v) is 9.30. The van der Waals surface area contributed by atoms with E-state index in [0.29, 0.717) is 11.0 Å². The van der Waals surface area contributed by atoms with E-state index in [-0.39, 0.29) is 40.8 Å². The molecule has 11 nitrogen and oxygen atoms in total. The van der Waals surface area contributed by atoms with E-state index in [1.54, 1.807) is 13.0 Å². The quantitative estimate of drug-likeness (QED) is 0.333. The Morgan fingerprint density at radius 2 is 1.81 bits per heavy atom. The highest BCUT2D eigenvalue weighted by Crippen LogP contribution is 2.45. The number of halogens is 3. The maximum Gasteiger partial charge on any atom is 0.416 e. The third-order valence-electron chi connectivity index (χ3n) is 6.46. The van der Waals surface area contributed by atoms with Gasteiger partial charge in [0.1, 0.15) is 10.9 Å². The number of sulfone groups is 1. The van der Waals surface area contributed by atoms with Crippen molar-refractivity contribution in [3.8, 4) is 6.07 Å². The zero-order valence-electron chi connectivity index (χ0n) is 22.2. The van der Waals surface area contributed by atoms with Crippen molar-refractivity contribution in [3.05, 3.63) is 94.4 Å². The van der Waals surface area contributed by atoms with Crippen LogP contribution in [0.2, 0.25) is 0 Å². The van der Waals surface area contributed by atoms with Crippen LogP contribution in [0.3, 0.4) is 0 Å². The monoisotopic (exact) mass is 634 g/mol. The Bertz CT molecular complexity index is 1940. The molecular formula is C27H25F3N6O5S2. The van der Waals surface area contributed by atoms with Crippen LogP contribution in [0.4, 0.5) is 23.7 Å². The highest BCUT2D eigenvalue weighted by molar-refractivity contribution is 7.91. The molecule has 0 unspecified atom stereocenters. The van der Waals surface area contributed by atoms with Crippen LogP contribution < -0.4 is 4.90 Å². The van der Waals surface area contributed by atoms with Gasteiger partial charge in [0.15, 0.2) is 9.84 Å². The van der Waals surface area contributed by atoms with Gasteiger partial charge in [-0.3, -0.25) is 9.58 Å². The average molecular weight is 635 g/mol. The fraction of sp³-hybridized carbons (Fsp3) is 0.259. The molecule has 4 rings (SSSR count). The second kappa shape index (κ2) is 11.5. The minimum absolute atomic E-state index is 0. The van der Waals surface area contributed by atoms with Crippen molar-refractivity contribution in [2.45, 2.75) is 49.8 Å². The SMILES string of the molecule is C.[C-]#[N+]C1=C(C)N(c2cccc(C(F)(F)F)c2)C(=O)N(S(=O)(=O)c2cnn(CC)c2)[C@@H]1c1ccc(C#N)cc1S(C)(=O)=O. The molecule has 1 atom stereocenters. The summed E-state index contributed by atoms with van der Waals surface area (Å²) in [5.74, 6) is 0. The summed E-state index contributed by atoms with van der Waals surface area (Å²) in [6.45, 7) is 11.1. The van der Waals surface area contributed by atoms with E-state index in [0.717, 1.165) is 49.0 Å². The topological polar surface area (TPSA) is 138 Å². The number of aryl methyl sites for hydroxylation is 1. The van der Waals surface area contributed by atoms with E-state index in [4.69, 9.17) is 6.57 Å². The van der Waals surface area contributed by atoms with Crippen LogP contribution >= 0.6 is 0 Å². The van der Waals surface area contributed by atoms with Crippen LogP contribution in [0.15, 0.2) is 76.0 Å². The molecule has 1 aliphatic rings. The molecule has 226 valence electrons. The maximum atomic E-state index is 14.1. The summed E-state index contributed by atoms with van der Waals surface area (Å²) in [5.41, 5.74) is -2.57. The number of carbonyl (C=O) groups excluding carboxylic acids is 1. The molecule has 0 fully saturated rings. The van der Waals surface area contributed by atoms with Crippen LogP contribution in [-0.4, -0.2) is 43.2 Å². The van der Waals surface area contributed by atoms with E-state index in [1.807, 2.05) is 0 Å². The predicted molar refractivity (Wildman–Crippen MR) is 149 cm³/mol. The molecule has 2 heterocycles. The molecule has 2 aromatic carbocycles. The second-order valence-corrected chi connectivity index (χ2v) is 12.9. The Labute approximate surface area is 246 Å². The minimum atomic E-state index is -4.92. The van der Waals surface area contributed by atoms with Gasteiger partial charge in [-0.25, -0.2) is 30.8 Å². The van der Waals surface area contributed by atoms with E-state index in [9.17, 15) is 40.1 Å². The van der Waals surface area contributed by atoms with Crippen molar-refractivity contribution < 1.29 is 34.8 Å². The van der Waals surface area contributed by atoms with E-state index >= 15 is 0 Å². The van der Waals surface area contributed by atoms with Gasteiger partial charge >= 0.3 is 12.2 Å². The lowest BCUT2D eigenvalue weighted by Gasteiger charge is -2.41. The Kier molecular flexibility index (Phi) is 8.82. The van der Waals surface area contributed by atoms with E-state index < -0.39 is 59.2 Å². The summed E-state index contributed by atoms with van der Waals surface area (Å²) >= 11 is 0. The Hall–Kier alpha value is -4.67. The Balaban J connectivity index is 0.00000506. The molecule has 2 amide bonds. The van der Waals surface area contributed by atoms with Crippen molar-refractivity contribution in [3.63, 3.8) is 0 Å². The lowest BCUT2D eigenvalue weighted by molar-refractivity contribution is -0.137. The van der Waals surface area contributed by atoms with Crippen LogP contribution in [0, 0.1) is 17.9 Å². The van der Waals surface area contributed by atoms with Crippen molar-refractivity contribution in [2.75, 3.05) is 11.2 Å². The number of carbonyl (C=O) groups is 1. The first-order chi connectivity index (χ1) is 19.6. The van der Waals surface area contributed by atoms with Gasteiger partial charge in [0.25, 0.3) is 10.0 Å². The largest absolute Gasteiger partial charge is 0.416 e. The minimum Gasteiger partial charge on any atom is -0.277 e. The normalized spacial score (nSPS) is 16.0. The number of hydrogen-bond donors (Lipinski definition) is 0. The van der Waals surface area contributed by atoms with Gasteiger partial charge in [0, 0.05) is 30.4 Å². The molecule has 1 aromatic heterocycles. The average Bonchev–Trinajstić information content (AvgIpc) is 3.42. The molecular weight excluding hydrogens is 609 g/mol. The number of nitrogens with zero attached hydrogens (tertiary/aromatic N) is 6. The number of rotatable bonds is 6. The number of anilines is 1. The summed E-state index contributed by atoms with van der Waals surface area (Å²) < 4.78 is 95.9. The first-order valence-corrected chi connectivity index (χ1v) is 15.3. The number of aromatic nitrogens is 2. The summed E-state index contributed by atoms with van der Waals surface area (Å²) in [4.78, 5) is 17.3. The maximum absolute atomic E-state index is 14.1. The molecule has 0 radical (unpaired) electrons. The fourth-order valence-electron chi connectivity index (χ4n) is 4.47. The number of nitriles is 1. The van der Waals surface area contributed by atoms with Gasteiger partial charge in [-0.05, 0) is 49.7 Å². The Morgan fingerprint density at radius 3 is 2.35 bits per heavy atom. The van der Waals surface area contributed by atoms with Crippen molar-refractivity contribution in [1.29, 1.82) is 5.26 Å². The molecule has 0 saturated carbocycles. The van der Waals surface area contributed by atoms with Gasteiger partial charge in [0.05, 0.1) is 34.9 Å². The van der Waals surface area contributed by atoms with Crippen LogP contribution in [0.5, 0.6) is 0 Å². The number of amides is 2. The molecule has 1 aliphatic heterocycles. The second-order valence-electron chi connectivity index (χ2n) is 9.12. The summed E-state index contributed by atoms with van der Waals surface area (Å²) in [7, 11) is -9.09. The number of hydrogen-bond acceptors (Lipinski definition) is 7. The van der Waals surface area contributed by atoms with Crippen LogP contribution in [0.25, 0.3) is 4.85 Å². The molecule has 0 saturated heterocycles. The number of allylic oxidation sites excluding steroid dienone is 1. The number of urea groups is 1. The van der Waals surface area contributed by atoms with Gasteiger partial charge in [-0.15, -0.1) is 0 Å². The summed E-state index contributed by atoms with van der Waals surface area (Å²) in [6, 6.07) is 5.44. The van der Waals surface area contributed by atoms with Gasteiger partial charge in [-0.2, -0.15) is 23.5 Å². The Morgan fingerprint density at radius 1 is 1.14 bits per heavy atom. The highest BCUT2D eigenvalue weighted by atomic mass is 32.2. The van der Waals surface area contributed by atoms with E-state index in [2.05, 4.69) is 9.94 Å². The predicted octanol–water partition coefficient (Wildman–Crippen LogP) is 5.36. The summed E-state index contributed by atoms with van der Waals surface area (Å²) in [6.07, 6.45) is -1.92. The highest BCUT2D eigenvalue weighted by Gasteiger charge is 2.49. The first kappa shape index (κ1) is 32.8. The molecule has 0 aliphatic carbocycles. The first-order valence-electron chi connectivity index (χ1n) is 12.0. The molecule has 16 heteroatoms. The lowest BCUT2D eigenvalue weighted by Crippen LogP contribution is -2.52. The van der Waals surface area contributed by atoms with Gasteiger partial charge in [-0.1, -0.05) is 19.6 Å². The zero-order valence-corrected chi connectivity index (χ0v) is 23.8. The van der Waals surface area contributed by atoms with E-state index in [1.165, 1.54) is 17.7 Å². The lowest BCUT2D eigenvalue weighted by atomic mass is 9.98. The van der Waals surface area contributed by atoms with Crippen LogP contribution in [-0.2, 0) is 32.6 Å². The number of benzene rings is 2. The molecule has 0 spiro atoms.